The molecule has 0 aliphatic heterocycles. The monoisotopic (exact) mass is 417 g/mol. The number of carbonyl (C=O) groups excluding carboxylic acids is 1. The second-order valence-corrected chi connectivity index (χ2v) is 7.86. The van der Waals surface area contributed by atoms with E-state index in [1.165, 1.54) is 12.8 Å². The number of amides is 1. The summed E-state index contributed by atoms with van der Waals surface area (Å²) in [5.74, 6) is 1.20. The second kappa shape index (κ2) is 8.41. The lowest BCUT2D eigenvalue weighted by molar-refractivity contribution is -0.122. The summed E-state index contributed by atoms with van der Waals surface area (Å²) in [5.41, 5.74) is 1.74. The molecule has 1 heterocycles. The summed E-state index contributed by atoms with van der Waals surface area (Å²) in [7, 11) is 0. The Kier molecular flexibility index (Phi) is 5.74. The molecular formula is C21H21Cl2N3O2. The smallest absolute Gasteiger partial charge is 0.240 e. The summed E-state index contributed by atoms with van der Waals surface area (Å²) in [5, 5.41) is 4.12. The molecule has 1 aromatic heterocycles. The molecule has 0 atom stereocenters. The van der Waals surface area contributed by atoms with Crippen molar-refractivity contribution in [1.82, 2.24) is 14.9 Å². The fourth-order valence-electron chi connectivity index (χ4n) is 3.63. The largest absolute Gasteiger partial charge is 0.484 e. The third kappa shape index (κ3) is 4.26. The molecule has 1 fully saturated rings. The molecular weight excluding hydrogens is 397 g/mol. The Morgan fingerprint density at radius 2 is 1.96 bits per heavy atom. The molecule has 28 heavy (non-hydrogen) atoms. The highest BCUT2D eigenvalue weighted by atomic mass is 35.5. The number of carbonyl (C=O) groups is 1. The molecule has 0 saturated heterocycles. The van der Waals surface area contributed by atoms with Crippen LogP contribution in [0.5, 0.6) is 5.75 Å². The van der Waals surface area contributed by atoms with Crippen molar-refractivity contribution < 1.29 is 9.53 Å². The van der Waals surface area contributed by atoms with Crippen LogP contribution in [-0.4, -0.2) is 21.5 Å². The third-order valence-electron chi connectivity index (χ3n) is 5.01. The summed E-state index contributed by atoms with van der Waals surface area (Å²) in [4.78, 5) is 17.2. The van der Waals surface area contributed by atoms with Crippen LogP contribution in [0.25, 0.3) is 11.0 Å². The highest BCUT2D eigenvalue weighted by molar-refractivity contribution is 6.35. The SMILES string of the molecule is O=C(Cn1c(COc2ccc(Cl)cc2Cl)nc2ccccc21)NC1CCCC1. The van der Waals surface area contributed by atoms with Gasteiger partial charge in [0.1, 0.15) is 24.7 Å². The Labute approximate surface area is 173 Å². The number of nitrogens with zero attached hydrogens (tertiary/aromatic N) is 2. The van der Waals surface area contributed by atoms with Crippen molar-refractivity contribution in [3.8, 4) is 5.75 Å². The van der Waals surface area contributed by atoms with Gasteiger partial charge in [0.2, 0.25) is 5.91 Å². The lowest BCUT2D eigenvalue weighted by Gasteiger charge is -2.14. The van der Waals surface area contributed by atoms with Gasteiger partial charge >= 0.3 is 0 Å². The van der Waals surface area contributed by atoms with Crippen molar-refractivity contribution in [3.63, 3.8) is 0 Å². The van der Waals surface area contributed by atoms with Gasteiger partial charge in [-0.2, -0.15) is 0 Å². The summed E-state index contributed by atoms with van der Waals surface area (Å²) >= 11 is 12.1. The first-order valence-electron chi connectivity index (χ1n) is 9.41. The average molecular weight is 418 g/mol. The van der Waals surface area contributed by atoms with Crippen molar-refractivity contribution in [2.75, 3.05) is 0 Å². The molecule has 0 spiro atoms. The van der Waals surface area contributed by atoms with Crippen LogP contribution in [0.3, 0.4) is 0 Å². The predicted octanol–water partition coefficient (Wildman–Crippen LogP) is 4.98. The summed E-state index contributed by atoms with van der Waals surface area (Å²) in [6.45, 7) is 0.413. The van der Waals surface area contributed by atoms with E-state index in [0.29, 0.717) is 21.6 Å². The molecule has 1 amide bonds. The van der Waals surface area contributed by atoms with Crippen molar-refractivity contribution in [2.24, 2.45) is 0 Å². The highest BCUT2D eigenvalue weighted by Gasteiger charge is 2.19. The van der Waals surface area contributed by atoms with Crippen molar-refractivity contribution >= 4 is 40.1 Å². The maximum atomic E-state index is 12.6. The van der Waals surface area contributed by atoms with Crippen molar-refractivity contribution in [1.29, 1.82) is 0 Å². The summed E-state index contributed by atoms with van der Waals surface area (Å²) < 4.78 is 7.76. The number of fused-ring (bicyclic) bond motifs is 1. The molecule has 2 aromatic carbocycles. The van der Waals surface area contributed by atoms with Crippen molar-refractivity contribution in [3.05, 3.63) is 58.3 Å². The van der Waals surface area contributed by atoms with Crippen molar-refractivity contribution in [2.45, 2.75) is 44.9 Å². The van der Waals surface area contributed by atoms with Crippen LogP contribution in [0.4, 0.5) is 0 Å². The van der Waals surface area contributed by atoms with E-state index >= 15 is 0 Å². The number of benzene rings is 2. The zero-order chi connectivity index (χ0) is 19.5. The minimum absolute atomic E-state index is 0.000767. The van der Waals surface area contributed by atoms with E-state index in [1.807, 2.05) is 28.8 Å². The van der Waals surface area contributed by atoms with E-state index in [0.717, 1.165) is 23.9 Å². The van der Waals surface area contributed by atoms with Gasteiger partial charge < -0.3 is 14.6 Å². The number of para-hydroxylation sites is 2. The zero-order valence-corrected chi connectivity index (χ0v) is 16.8. The lowest BCUT2D eigenvalue weighted by Crippen LogP contribution is -2.35. The first-order chi connectivity index (χ1) is 13.6. The van der Waals surface area contributed by atoms with E-state index in [4.69, 9.17) is 27.9 Å². The molecule has 1 aliphatic rings. The number of imidazole rings is 1. The fourth-order valence-corrected chi connectivity index (χ4v) is 4.10. The van der Waals surface area contributed by atoms with Crippen LogP contribution >= 0.6 is 23.2 Å². The van der Waals surface area contributed by atoms with Gasteiger partial charge in [0.25, 0.3) is 0 Å². The number of ether oxygens (including phenoxy) is 1. The van der Waals surface area contributed by atoms with E-state index < -0.39 is 0 Å². The number of aromatic nitrogens is 2. The van der Waals surface area contributed by atoms with Crippen LogP contribution < -0.4 is 10.1 Å². The quantitative estimate of drug-likeness (QED) is 0.614. The molecule has 4 rings (SSSR count). The van der Waals surface area contributed by atoms with Gasteiger partial charge in [0.15, 0.2) is 0 Å². The molecule has 0 radical (unpaired) electrons. The van der Waals surface area contributed by atoms with Gasteiger partial charge in [-0.3, -0.25) is 4.79 Å². The Morgan fingerprint density at radius 3 is 2.75 bits per heavy atom. The number of rotatable bonds is 6. The van der Waals surface area contributed by atoms with Crippen LogP contribution in [-0.2, 0) is 17.9 Å². The van der Waals surface area contributed by atoms with Crippen LogP contribution in [0.15, 0.2) is 42.5 Å². The topological polar surface area (TPSA) is 56.2 Å². The van der Waals surface area contributed by atoms with Crippen LogP contribution in [0.2, 0.25) is 10.0 Å². The molecule has 1 saturated carbocycles. The average Bonchev–Trinajstić information content (AvgIpc) is 3.29. The minimum atomic E-state index is 0.000767. The third-order valence-corrected chi connectivity index (χ3v) is 5.54. The Balaban J connectivity index is 1.55. The van der Waals surface area contributed by atoms with E-state index in [2.05, 4.69) is 10.3 Å². The van der Waals surface area contributed by atoms with Gasteiger partial charge in [-0.1, -0.05) is 48.2 Å². The van der Waals surface area contributed by atoms with Gasteiger partial charge in [0, 0.05) is 11.1 Å². The van der Waals surface area contributed by atoms with Gasteiger partial charge in [-0.05, 0) is 43.2 Å². The number of hydrogen-bond donors (Lipinski definition) is 1. The molecule has 0 unspecified atom stereocenters. The maximum Gasteiger partial charge on any atom is 0.240 e. The molecule has 3 aromatic rings. The Morgan fingerprint density at radius 1 is 1.18 bits per heavy atom. The van der Waals surface area contributed by atoms with E-state index in [-0.39, 0.29) is 25.1 Å². The lowest BCUT2D eigenvalue weighted by atomic mass is 10.2. The zero-order valence-electron chi connectivity index (χ0n) is 15.3. The van der Waals surface area contributed by atoms with Crippen LogP contribution in [0, 0.1) is 0 Å². The maximum absolute atomic E-state index is 12.6. The molecule has 146 valence electrons. The van der Waals surface area contributed by atoms with Crippen LogP contribution in [0.1, 0.15) is 31.5 Å². The fraction of sp³-hybridized carbons (Fsp3) is 0.333. The van der Waals surface area contributed by atoms with Gasteiger partial charge in [-0.25, -0.2) is 4.98 Å². The molecule has 1 aliphatic carbocycles. The Bertz CT molecular complexity index is 996. The summed E-state index contributed by atoms with van der Waals surface area (Å²) in [6.07, 6.45) is 4.47. The second-order valence-electron chi connectivity index (χ2n) is 7.02. The van der Waals surface area contributed by atoms with Gasteiger partial charge in [0.05, 0.1) is 16.1 Å². The Hall–Kier alpha value is -2.24. The van der Waals surface area contributed by atoms with E-state index in [1.54, 1.807) is 18.2 Å². The molecule has 5 nitrogen and oxygen atoms in total. The first kappa shape index (κ1) is 19.1. The van der Waals surface area contributed by atoms with E-state index in [9.17, 15) is 4.79 Å². The standard InChI is InChI=1S/C21H21Cl2N3O2/c22-14-9-10-19(16(23)11-14)28-13-20-25-17-7-3-4-8-18(17)26(20)12-21(27)24-15-5-1-2-6-15/h3-4,7-11,15H,1-2,5-6,12-13H2,(H,24,27). The molecule has 7 heteroatoms. The number of hydrogen-bond acceptors (Lipinski definition) is 3. The van der Waals surface area contributed by atoms with Gasteiger partial charge in [-0.15, -0.1) is 0 Å². The molecule has 0 bridgehead atoms. The minimum Gasteiger partial charge on any atom is -0.484 e. The highest BCUT2D eigenvalue weighted by Crippen LogP contribution is 2.28. The summed E-state index contributed by atoms with van der Waals surface area (Å²) in [6, 6.07) is 13.1. The predicted molar refractivity (Wildman–Crippen MR) is 111 cm³/mol. The first-order valence-corrected chi connectivity index (χ1v) is 10.2. The molecule has 1 N–H and O–H groups in total. The number of halogens is 2. The number of nitrogens with one attached hydrogen (secondary N) is 1. The normalized spacial score (nSPS) is 14.5.